The fourth-order valence-electron chi connectivity index (χ4n) is 1.46. The number of aromatic hydroxyl groups is 1. The van der Waals surface area contributed by atoms with Crippen molar-refractivity contribution in [1.82, 2.24) is 0 Å². The van der Waals surface area contributed by atoms with Crippen LogP contribution < -0.4 is 0 Å². The Kier molecular flexibility index (Phi) is 2.23. The molecule has 3 nitrogen and oxygen atoms in total. The van der Waals surface area contributed by atoms with Crippen LogP contribution in [-0.2, 0) is 10.4 Å². The van der Waals surface area contributed by atoms with Crippen molar-refractivity contribution in [2.75, 3.05) is 0 Å². The Morgan fingerprint density at radius 2 is 2.07 bits per heavy atom. The van der Waals surface area contributed by atoms with E-state index in [0.29, 0.717) is 0 Å². The van der Waals surface area contributed by atoms with E-state index >= 15 is 0 Å². The largest absolute Gasteiger partial charge is 0.508 e. The average molecular weight is 256 g/mol. The monoisotopic (exact) mass is 255 g/mol. The lowest BCUT2D eigenvalue weighted by Gasteiger charge is -2.21. The third-order valence-electron chi connectivity index (χ3n) is 2.31. The van der Waals surface area contributed by atoms with E-state index in [-0.39, 0.29) is 5.75 Å². The Balaban J connectivity index is 2.28. The Bertz CT molecular complexity index is 374. The van der Waals surface area contributed by atoms with E-state index in [1.54, 1.807) is 12.1 Å². The Morgan fingerprint density at radius 1 is 1.43 bits per heavy atom. The number of rotatable bonds is 1. The standard InChI is InChI=1S/C10H10BrNO2/c1-10(6-9(11)12-14-10)7-2-4-8(13)5-3-7/h2-5,13H,6H2,1H3/t10-/m1/s1. The van der Waals surface area contributed by atoms with Gasteiger partial charge in [0, 0.05) is 6.42 Å². The van der Waals surface area contributed by atoms with E-state index < -0.39 is 5.60 Å². The number of phenols is 1. The molecule has 1 aliphatic rings. The van der Waals surface area contributed by atoms with Gasteiger partial charge in [-0.1, -0.05) is 17.3 Å². The van der Waals surface area contributed by atoms with Crippen molar-refractivity contribution in [1.29, 1.82) is 0 Å². The van der Waals surface area contributed by atoms with E-state index in [4.69, 9.17) is 9.94 Å². The van der Waals surface area contributed by atoms with Crippen LogP contribution in [0.3, 0.4) is 0 Å². The number of nitrogens with zero attached hydrogens (tertiary/aromatic N) is 1. The zero-order valence-electron chi connectivity index (χ0n) is 7.70. The van der Waals surface area contributed by atoms with E-state index in [1.807, 2.05) is 19.1 Å². The number of hydrogen-bond acceptors (Lipinski definition) is 3. The maximum absolute atomic E-state index is 9.16. The molecule has 14 heavy (non-hydrogen) atoms. The second kappa shape index (κ2) is 3.28. The van der Waals surface area contributed by atoms with Gasteiger partial charge in [-0.05, 0) is 40.5 Å². The summed E-state index contributed by atoms with van der Waals surface area (Å²) in [5.41, 5.74) is 0.598. The lowest BCUT2D eigenvalue weighted by molar-refractivity contribution is -0.00740. The molecule has 0 spiro atoms. The van der Waals surface area contributed by atoms with Crippen molar-refractivity contribution < 1.29 is 9.94 Å². The van der Waals surface area contributed by atoms with Gasteiger partial charge >= 0.3 is 0 Å². The summed E-state index contributed by atoms with van der Waals surface area (Å²) >= 11 is 3.30. The molecular formula is C10H10BrNO2. The zero-order valence-corrected chi connectivity index (χ0v) is 9.28. The van der Waals surface area contributed by atoms with Gasteiger partial charge in [-0.25, -0.2) is 0 Å². The molecule has 4 heteroatoms. The maximum Gasteiger partial charge on any atom is 0.166 e. The highest BCUT2D eigenvalue weighted by atomic mass is 79.9. The molecule has 1 heterocycles. The molecule has 0 aliphatic carbocycles. The van der Waals surface area contributed by atoms with Crippen LogP contribution in [0.2, 0.25) is 0 Å². The SMILES string of the molecule is C[C@]1(c2ccc(O)cc2)CC(Br)=NO1. The molecule has 2 rings (SSSR count). The third-order valence-corrected chi connectivity index (χ3v) is 2.73. The van der Waals surface area contributed by atoms with Crippen molar-refractivity contribution in [3.8, 4) is 5.75 Å². The van der Waals surface area contributed by atoms with Crippen LogP contribution in [0, 0.1) is 0 Å². The van der Waals surface area contributed by atoms with E-state index in [2.05, 4.69) is 21.1 Å². The first kappa shape index (κ1) is 9.52. The predicted octanol–water partition coefficient (Wildman–Crippen LogP) is 2.74. The fourth-order valence-corrected chi connectivity index (χ4v) is 2.07. The summed E-state index contributed by atoms with van der Waals surface area (Å²) in [7, 11) is 0. The Hall–Kier alpha value is -1.03. The highest BCUT2D eigenvalue weighted by Crippen LogP contribution is 2.36. The zero-order chi connectivity index (χ0) is 10.2. The van der Waals surface area contributed by atoms with Crippen LogP contribution in [0.15, 0.2) is 29.4 Å². The summed E-state index contributed by atoms with van der Waals surface area (Å²) in [6.45, 7) is 1.97. The second-order valence-corrected chi connectivity index (χ2v) is 4.43. The highest BCUT2D eigenvalue weighted by molar-refractivity contribution is 9.18. The molecule has 0 fully saturated rings. The van der Waals surface area contributed by atoms with E-state index in [1.165, 1.54) is 0 Å². The summed E-state index contributed by atoms with van der Waals surface area (Å²) in [5, 5.41) is 13.0. The van der Waals surface area contributed by atoms with Crippen LogP contribution in [0.5, 0.6) is 5.75 Å². The Morgan fingerprint density at radius 3 is 2.57 bits per heavy atom. The van der Waals surface area contributed by atoms with Crippen LogP contribution in [-0.4, -0.2) is 9.73 Å². The van der Waals surface area contributed by atoms with Crippen molar-refractivity contribution >= 4 is 20.6 Å². The first-order chi connectivity index (χ1) is 6.60. The first-order valence-electron chi connectivity index (χ1n) is 4.30. The highest BCUT2D eigenvalue weighted by Gasteiger charge is 2.35. The number of phenolic OH excluding ortho intramolecular Hbond substituents is 1. The summed E-state index contributed by atoms with van der Waals surface area (Å²) in [6, 6.07) is 6.99. The molecule has 0 bridgehead atoms. The van der Waals surface area contributed by atoms with Crippen molar-refractivity contribution in [2.45, 2.75) is 18.9 Å². The van der Waals surface area contributed by atoms with Crippen molar-refractivity contribution in [3.63, 3.8) is 0 Å². The summed E-state index contributed by atoms with van der Waals surface area (Å²) in [6.07, 6.45) is 0.720. The molecule has 0 unspecified atom stereocenters. The van der Waals surface area contributed by atoms with Gasteiger partial charge in [0.15, 0.2) is 5.60 Å². The molecule has 1 aliphatic heterocycles. The molecule has 1 N–H and O–H groups in total. The lowest BCUT2D eigenvalue weighted by Crippen LogP contribution is -2.20. The van der Waals surface area contributed by atoms with E-state index in [9.17, 15) is 0 Å². The average Bonchev–Trinajstić information content (AvgIpc) is 2.48. The molecule has 0 aromatic heterocycles. The molecule has 1 aromatic carbocycles. The summed E-state index contributed by atoms with van der Waals surface area (Å²) in [4.78, 5) is 5.34. The maximum atomic E-state index is 9.16. The minimum Gasteiger partial charge on any atom is -0.508 e. The molecular weight excluding hydrogens is 246 g/mol. The van der Waals surface area contributed by atoms with Gasteiger partial charge in [0.25, 0.3) is 0 Å². The minimum absolute atomic E-state index is 0.260. The second-order valence-electron chi connectivity index (χ2n) is 3.51. The number of oxime groups is 1. The predicted molar refractivity (Wildman–Crippen MR) is 57.5 cm³/mol. The van der Waals surface area contributed by atoms with Crippen LogP contribution >= 0.6 is 15.9 Å². The van der Waals surface area contributed by atoms with Gasteiger partial charge in [0.05, 0.1) is 0 Å². The number of hydrogen-bond donors (Lipinski definition) is 1. The molecule has 74 valence electrons. The number of halogens is 1. The molecule has 1 atom stereocenters. The molecule has 0 radical (unpaired) electrons. The van der Waals surface area contributed by atoms with Crippen LogP contribution in [0.25, 0.3) is 0 Å². The lowest BCUT2D eigenvalue weighted by atomic mass is 9.93. The van der Waals surface area contributed by atoms with Gasteiger partial charge in [-0.2, -0.15) is 0 Å². The van der Waals surface area contributed by atoms with Gasteiger partial charge in [-0.15, -0.1) is 0 Å². The minimum atomic E-state index is -0.410. The molecule has 0 saturated carbocycles. The topological polar surface area (TPSA) is 41.8 Å². The normalized spacial score (nSPS) is 25.7. The Labute approximate surface area is 90.5 Å². The summed E-state index contributed by atoms with van der Waals surface area (Å²) in [5.74, 6) is 0.260. The molecule has 1 aromatic rings. The molecule has 0 amide bonds. The van der Waals surface area contributed by atoms with Crippen molar-refractivity contribution in [2.24, 2.45) is 5.16 Å². The van der Waals surface area contributed by atoms with Gasteiger partial charge < -0.3 is 9.94 Å². The fraction of sp³-hybridized carbons (Fsp3) is 0.300. The van der Waals surface area contributed by atoms with Gasteiger partial charge in [0.1, 0.15) is 10.4 Å². The van der Waals surface area contributed by atoms with Gasteiger partial charge in [-0.3, -0.25) is 0 Å². The van der Waals surface area contributed by atoms with Crippen molar-refractivity contribution in [3.05, 3.63) is 29.8 Å². The quantitative estimate of drug-likeness (QED) is 0.839. The van der Waals surface area contributed by atoms with Crippen LogP contribution in [0.1, 0.15) is 18.9 Å². The van der Waals surface area contributed by atoms with Gasteiger partial charge in [0.2, 0.25) is 0 Å². The number of benzene rings is 1. The van der Waals surface area contributed by atoms with Crippen LogP contribution in [0.4, 0.5) is 0 Å². The molecule has 0 saturated heterocycles. The third kappa shape index (κ3) is 1.62. The first-order valence-corrected chi connectivity index (χ1v) is 5.09. The van der Waals surface area contributed by atoms with E-state index in [0.717, 1.165) is 16.6 Å². The smallest absolute Gasteiger partial charge is 0.166 e. The summed E-state index contributed by atoms with van der Waals surface area (Å²) < 4.78 is 0.813.